The fourth-order valence-electron chi connectivity index (χ4n) is 3.22. The van der Waals surface area contributed by atoms with Crippen molar-refractivity contribution in [1.82, 2.24) is 5.32 Å². The Kier molecular flexibility index (Phi) is 2.97. The van der Waals surface area contributed by atoms with E-state index in [-0.39, 0.29) is 18.2 Å². The largest absolute Gasteiger partial charge is 0.295 e. The number of piperidine rings is 1. The summed E-state index contributed by atoms with van der Waals surface area (Å²) in [5.74, 6) is -0.846. The van der Waals surface area contributed by atoms with Crippen molar-refractivity contribution in [2.24, 2.45) is 0 Å². The third-order valence-corrected chi connectivity index (χ3v) is 4.77. The van der Waals surface area contributed by atoms with Crippen molar-refractivity contribution in [2.75, 3.05) is 4.90 Å². The molecule has 1 unspecified atom stereocenters. The van der Waals surface area contributed by atoms with Crippen molar-refractivity contribution in [2.45, 2.75) is 18.9 Å². The molecule has 2 aliphatic heterocycles. The standard InChI is InChI=1S/C16H11IN2O3/c17-9-6-8-2-1-3-11-14(8)10(7-9)16(22)19(11)12-4-5-13(20)18-15(12)21/h1-3,6-7,12H,4-5H2,(H,18,20,21). The Labute approximate surface area is 139 Å². The van der Waals surface area contributed by atoms with Crippen LogP contribution in [-0.2, 0) is 9.59 Å². The summed E-state index contributed by atoms with van der Waals surface area (Å²) < 4.78 is 0.982. The summed E-state index contributed by atoms with van der Waals surface area (Å²) in [7, 11) is 0. The van der Waals surface area contributed by atoms with Crippen molar-refractivity contribution in [3.8, 4) is 0 Å². The second-order valence-electron chi connectivity index (χ2n) is 5.47. The van der Waals surface area contributed by atoms with Crippen LogP contribution < -0.4 is 10.2 Å². The summed E-state index contributed by atoms with van der Waals surface area (Å²) in [5.41, 5.74) is 1.38. The molecule has 0 saturated carbocycles. The maximum absolute atomic E-state index is 12.8. The molecule has 22 heavy (non-hydrogen) atoms. The minimum absolute atomic E-state index is 0.167. The van der Waals surface area contributed by atoms with Gasteiger partial charge in [-0.05, 0) is 52.6 Å². The highest BCUT2D eigenvalue weighted by Crippen LogP contribution is 2.40. The molecule has 0 radical (unpaired) electrons. The molecule has 4 rings (SSSR count). The molecule has 1 atom stereocenters. The van der Waals surface area contributed by atoms with Gasteiger partial charge in [0.25, 0.3) is 5.91 Å². The summed E-state index contributed by atoms with van der Waals surface area (Å²) in [6.45, 7) is 0. The number of nitrogens with zero attached hydrogens (tertiary/aromatic N) is 1. The number of amides is 3. The lowest BCUT2D eigenvalue weighted by Crippen LogP contribution is -2.53. The van der Waals surface area contributed by atoms with Gasteiger partial charge in [0.1, 0.15) is 6.04 Å². The fourth-order valence-corrected chi connectivity index (χ4v) is 3.86. The molecule has 3 amide bonds. The van der Waals surface area contributed by atoms with Gasteiger partial charge in [0.05, 0.1) is 11.3 Å². The van der Waals surface area contributed by atoms with Gasteiger partial charge >= 0.3 is 0 Å². The quantitative estimate of drug-likeness (QED) is 0.584. The molecule has 1 fully saturated rings. The monoisotopic (exact) mass is 406 g/mol. The molecular formula is C16H11IN2O3. The summed E-state index contributed by atoms with van der Waals surface area (Å²) in [6.07, 6.45) is 0.613. The molecule has 0 spiro atoms. The number of hydrogen-bond acceptors (Lipinski definition) is 3. The average Bonchev–Trinajstić information content (AvgIpc) is 2.74. The lowest BCUT2D eigenvalue weighted by atomic mass is 10.0. The van der Waals surface area contributed by atoms with Gasteiger partial charge < -0.3 is 0 Å². The highest BCUT2D eigenvalue weighted by atomic mass is 127. The second-order valence-corrected chi connectivity index (χ2v) is 6.72. The summed E-state index contributed by atoms with van der Waals surface area (Å²) in [4.78, 5) is 37.8. The summed E-state index contributed by atoms with van der Waals surface area (Å²) >= 11 is 2.18. The number of imide groups is 1. The normalized spacial score (nSPS) is 20.7. The minimum atomic E-state index is -0.624. The molecule has 0 aromatic heterocycles. The van der Waals surface area contributed by atoms with Gasteiger partial charge in [0, 0.05) is 15.4 Å². The molecule has 2 heterocycles. The van der Waals surface area contributed by atoms with E-state index >= 15 is 0 Å². The van der Waals surface area contributed by atoms with E-state index in [2.05, 4.69) is 27.9 Å². The highest BCUT2D eigenvalue weighted by molar-refractivity contribution is 14.1. The Morgan fingerprint density at radius 3 is 2.77 bits per heavy atom. The number of benzene rings is 2. The van der Waals surface area contributed by atoms with Crippen LogP contribution in [0.2, 0.25) is 0 Å². The van der Waals surface area contributed by atoms with Crippen LogP contribution in [0.4, 0.5) is 5.69 Å². The Morgan fingerprint density at radius 1 is 1.18 bits per heavy atom. The number of carbonyl (C=O) groups is 3. The molecule has 5 nitrogen and oxygen atoms in total. The number of anilines is 1. The molecule has 2 aromatic rings. The first-order valence-electron chi connectivity index (χ1n) is 6.96. The van der Waals surface area contributed by atoms with Crippen LogP contribution in [0.1, 0.15) is 23.2 Å². The molecule has 2 aliphatic rings. The van der Waals surface area contributed by atoms with E-state index in [0.29, 0.717) is 12.0 Å². The number of nitrogens with one attached hydrogen (secondary N) is 1. The van der Waals surface area contributed by atoms with Crippen LogP contribution in [0, 0.1) is 3.57 Å². The van der Waals surface area contributed by atoms with Crippen molar-refractivity contribution in [3.05, 3.63) is 39.5 Å². The number of carbonyl (C=O) groups excluding carboxylic acids is 3. The molecule has 1 N–H and O–H groups in total. The Bertz CT molecular complexity index is 862. The van der Waals surface area contributed by atoms with Crippen LogP contribution in [0.5, 0.6) is 0 Å². The van der Waals surface area contributed by atoms with Gasteiger partial charge in [-0.2, -0.15) is 0 Å². The Hall–Kier alpha value is -1.96. The van der Waals surface area contributed by atoms with Crippen molar-refractivity contribution in [1.29, 1.82) is 0 Å². The van der Waals surface area contributed by atoms with Crippen molar-refractivity contribution in [3.63, 3.8) is 0 Å². The number of halogens is 1. The Balaban J connectivity index is 1.88. The first kappa shape index (κ1) is 13.7. The zero-order chi connectivity index (χ0) is 15.4. The van der Waals surface area contributed by atoms with Crippen LogP contribution >= 0.6 is 22.6 Å². The zero-order valence-electron chi connectivity index (χ0n) is 11.4. The predicted molar refractivity (Wildman–Crippen MR) is 89.6 cm³/mol. The molecular weight excluding hydrogens is 395 g/mol. The third kappa shape index (κ3) is 1.86. The molecule has 2 aromatic carbocycles. The van der Waals surface area contributed by atoms with Crippen molar-refractivity contribution >= 4 is 56.8 Å². The molecule has 0 bridgehead atoms. The van der Waals surface area contributed by atoms with Gasteiger partial charge in [0.15, 0.2) is 0 Å². The molecule has 0 aliphatic carbocycles. The first-order valence-corrected chi connectivity index (χ1v) is 8.03. The van der Waals surface area contributed by atoms with E-state index in [1.165, 1.54) is 4.90 Å². The van der Waals surface area contributed by atoms with E-state index in [0.717, 1.165) is 20.0 Å². The van der Waals surface area contributed by atoms with Gasteiger partial charge in [0.2, 0.25) is 11.8 Å². The fraction of sp³-hybridized carbons (Fsp3) is 0.188. The van der Waals surface area contributed by atoms with Gasteiger partial charge in [-0.25, -0.2) is 0 Å². The van der Waals surface area contributed by atoms with E-state index < -0.39 is 11.9 Å². The number of rotatable bonds is 1. The van der Waals surface area contributed by atoms with Crippen LogP contribution in [0.25, 0.3) is 10.8 Å². The van der Waals surface area contributed by atoms with Crippen LogP contribution in [0.3, 0.4) is 0 Å². The van der Waals surface area contributed by atoms with E-state index in [9.17, 15) is 14.4 Å². The topological polar surface area (TPSA) is 66.5 Å². The second kappa shape index (κ2) is 4.77. The van der Waals surface area contributed by atoms with Crippen molar-refractivity contribution < 1.29 is 14.4 Å². The van der Waals surface area contributed by atoms with E-state index in [4.69, 9.17) is 0 Å². The maximum Gasteiger partial charge on any atom is 0.259 e. The van der Waals surface area contributed by atoms with Gasteiger partial charge in [-0.3, -0.25) is 24.6 Å². The first-order chi connectivity index (χ1) is 10.6. The average molecular weight is 406 g/mol. The van der Waals surface area contributed by atoms with E-state index in [1.807, 2.05) is 30.3 Å². The lowest BCUT2D eigenvalue weighted by Gasteiger charge is -2.30. The van der Waals surface area contributed by atoms with E-state index in [1.54, 1.807) is 0 Å². The smallest absolute Gasteiger partial charge is 0.259 e. The lowest BCUT2D eigenvalue weighted by molar-refractivity contribution is -0.134. The predicted octanol–water partition coefficient (Wildman–Crippen LogP) is 2.21. The molecule has 1 saturated heterocycles. The van der Waals surface area contributed by atoms with Gasteiger partial charge in [-0.15, -0.1) is 0 Å². The van der Waals surface area contributed by atoms with Crippen LogP contribution in [0.15, 0.2) is 30.3 Å². The maximum atomic E-state index is 12.8. The number of hydrogen-bond donors (Lipinski definition) is 1. The molecule has 6 heteroatoms. The summed E-state index contributed by atoms with van der Waals surface area (Å²) in [6, 6.07) is 8.94. The SMILES string of the molecule is O=C1CCC(N2C(=O)c3cc(I)cc4cccc2c34)C(=O)N1. The highest BCUT2D eigenvalue weighted by Gasteiger charge is 2.40. The minimum Gasteiger partial charge on any atom is -0.295 e. The summed E-state index contributed by atoms with van der Waals surface area (Å²) in [5, 5.41) is 4.20. The van der Waals surface area contributed by atoms with Gasteiger partial charge in [-0.1, -0.05) is 12.1 Å². The molecule has 110 valence electrons. The third-order valence-electron chi connectivity index (χ3n) is 4.15. The van der Waals surface area contributed by atoms with Crippen LogP contribution in [-0.4, -0.2) is 23.8 Å². The Morgan fingerprint density at radius 2 is 2.00 bits per heavy atom. The zero-order valence-corrected chi connectivity index (χ0v) is 13.6.